The molecule has 0 saturated carbocycles. The van der Waals surface area contributed by atoms with Crippen molar-refractivity contribution in [3.8, 4) is 0 Å². The zero-order chi connectivity index (χ0) is 9.19. The third-order valence-corrected chi connectivity index (χ3v) is 2.04. The molecule has 0 aromatic carbocycles. The molecule has 1 saturated heterocycles. The van der Waals surface area contributed by atoms with Crippen LogP contribution in [0.5, 0.6) is 0 Å². The topological polar surface area (TPSA) is 40.5 Å². The quantitative estimate of drug-likeness (QED) is 0.666. The average Bonchev–Trinajstić information content (AvgIpc) is 2.32. The summed E-state index contributed by atoms with van der Waals surface area (Å²) in [5.74, 6) is 0.0833. The zero-order valence-electron chi connectivity index (χ0n) is 7.84. The number of amides is 1. The first-order valence-corrected chi connectivity index (χ1v) is 4.49. The molecule has 1 amide bonds. The van der Waals surface area contributed by atoms with Crippen LogP contribution in [0.4, 0.5) is 0 Å². The number of aliphatic hydroxyl groups is 1. The molecular formula is C9H17NO2. The highest BCUT2D eigenvalue weighted by Crippen LogP contribution is 2.14. The minimum absolute atomic E-state index is 0.0833. The first kappa shape index (κ1) is 9.52. The second-order valence-corrected chi connectivity index (χ2v) is 4.08. The Kier molecular flexibility index (Phi) is 2.73. The fourth-order valence-corrected chi connectivity index (χ4v) is 1.45. The summed E-state index contributed by atoms with van der Waals surface area (Å²) in [6.07, 6.45) is 2.46. The summed E-state index contributed by atoms with van der Waals surface area (Å²) >= 11 is 0. The van der Waals surface area contributed by atoms with Gasteiger partial charge in [-0.2, -0.15) is 0 Å². The molecule has 0 radical (unpaired) electrons. The number of rotatable bonds is 2. The normalized spacial score (nSPS) is 18.4. The highest BCUT2D eigenvalue weighted by atomic mass is 16.3. The van der Waals surface area contributed by atoms with Gasteiger partial charge in [0.2, 0.25) is 5.91 Å². The van der Waals surface area contributed by atoms with Crippen molar-refractivity contribution in [2.45, 2.75) is 38.7 Å². The monoisotopic (exact) mass is 171 g/mol. The molecule has 1 rings (SSSR count). The molecule has 1 aliphatic rings. The molecule has 1 aliphatic heterocycles. The van der Waals surface area contributed by atoms with E-state index in [1.807, 2.05) is 4.90 Å². The molecule has 0 unspecified atom stereocenters. The van der Waals surface area contributed by atoms with Gasteiger partial charge in [0, 0.05) is 13.1 Å². The lowest BCUT2D eigenvalue weighted by molar-refractivity contribution is -0.134. The molecule has 1 heterocycles. The summed E-state index contributed by atoms with van der Waals surface area (Å²) in [5.41, 5.74) is -0.861. The van der Waals surface area contributed by atoms with Crippen LogP contribution in [0.1, 0.15) is 33.1 Å². The van der Waals surface area contributed by atoms with E-state index in [0.717, 1.165) is 25.9 Å². The number of hydrogen-bond acceptors (Lipinski definition) is 2. The van der Waals surface area contributed by atoms with Crippen molar-refractivity contribution in [2.75, 3.05) is 13.1 Å². The Balaban J connectivity index is 2.37. The van der Waals surface area contributed by atoms with Crippen molar-refractivity contribution in [3.05, 3.63) is 0 Å². The van der Waals surface area contributed by atoms with Gasteiger partial charge in [-0.15, -0.1) is 0 Å². The van der Waals surface area contributed by atoms with E-state index in [2.05, 4.69) is 0 Å². The van der Waals surface area contributed by atoms with E-state index in [-0.39, 0.29) is 12.3 Å². The summed E-state index contributed by atoms with van der Waals surface area (Å²) in [6, 6.07) is 0. The second kappa shape index (κ2) is 3.44. The predicted molar refractivity (Wildman–Crippen MR) is 46.7 cm³/mol. The third kappa shape index (κ3) is 2.81. The number of hydrogen-bond donors (Lipinski definition) is 1. The van der Waals surface area contributed by atoms with Gasteiger partial charge in [-0.25, -0.2) is 0 Å². The SMILES string of the molecule is CC(C)(O)CC(=O)N1CCCC1. The van der Waals surface area contributed by atoms with Crippen molar-refractivity contribution >= 4 is 5.91 Å². The third-order valence-electron chi connectivity index (χ3n) is 2.04. The van der Waals surface area contributed by atoms with Crippen LogP contribution >= 0.6 is 0 Å². The molecule has 1 fully saturated rings. The number of carbonyl (C=O) groups excluding carboxylic acids is 1. The highest BCUT2D eigenvalue weighted by Gasteiger charge is 2.24. The smallest absolute Gasteiger partial charge is 0.225 e. The summed E-state index contributed by atoms with van der Waals surface area (Å²) in [5, 5.41) is 9.40. The predicted octanol–water partition coefficient (Wildman–Crippen LogP) is 0.770. The zero-order valence-corrected chi connectivity index (χ0v) is 7.84. The van der Waals surface area contributed by atoms with Gasteiger partial charge in [-0.3, -0.25) is 4.79 Å². The van der Waals surface area contributed by atoms with Crippen molar-refractivity contribution in [3.63, 3.8) is 0 Å². The van der Waals surface area contributed by atoms with Crippen LogP contribution in [0, 0.1) is 0 Å². The fourth-order valence-electron chi connectivity index (χ4n) is 1.45. The van der Waals surface area contributed by atoms with Crippen LogP contribution in [0.15, 0.2) is 0 Å². The van der Waals surface area contributed by atoms with E-state index >= 15 is 0 Å². The van der Waals surface area contributed by atoms with E-state index in [1.54, 1.807) is 13.8 Å². The molecule has 70 valence electrons. The maximum atomic E-state index is 11.4. The Hall–Kier alpha value is -0.570. The van der Waals surface area contributed by atoms with Crippen molar-refractivity contribution in [1.29, 1.82) is 0 Å². The first-order valence-electron chi connectivity index (χ1n) is 4.49. The second-order valence-electron chi connectivity index (χ2n) is 4.08. The van der Waals surface area contributed by atoms with Crippen molar-refractivity contribution in [1.82, 2.24) is 4.90 Å². The van der Waals surface area contributed by atoms with Gasteiger partial charge in [0.05, 0.1) is 12.0 Å². The van der Waals surface area contributed by atoms with Gasteiger partial charge in [-0.1, -0.05) is 0 Å². The Morgan fingerprint density at radius 1 is 1.42 bits per heavy atom. The van der Waals surface area contributed by atoms with Gasteiger partial charge in [0.25, 0.3) is 0 Å². The molecule has 0 bridgehead atoms. The summed E-state index contributed by atoms with van der Waals surface area (Å²) < 4.78 is 0. The standard InChI is InChI=1S/C9H17NO2/c1-9(2,12)7-8(11)10-5-3-4-6-10/h12H,3-7H2,1-2H3. The van der Waals surface area contributed by atoms with Crippen molar-refractivity contribution in [2.24, 2.45) is 0 Å². The maximum absolute atomic E-state index is 11.4. The first-order chi connectivity index (χ1) is 5.49. The minimum atomic E-state index is -0.861. The molecule has 3 heteroatoms. The van der Waals surface area contributed by atoms with Crippen LogP contribution in [-0.2, 0) is 4.79 Å². The van der Waals surface area contributed by atoms with Gasteiger partial charge in [-0.05, 0) is 26.7 Å². The summed E-state index contributed by atoms with van der Waals surface area (Å²) in [4.78, 5) is 13.3. The van der Waals surface area contributed by atoms with Crippen LogP contribution in [0.2, 0.25) is 0 Å². The van der Waals surface area contributed by atoms with Crippen LogP contribution in [0.25, 0.3) is 0 Å². The lowest BCUT2D eigenvalue weighted by Gasteiger charge is -2.21. The molecule has 0 atom stereocenters. The minimum Gasteiger partial charge on any atom is -0.390 e. The van der Waals surface area contributed by atoms with E-state index in [1.165, 1.54) is 0 Å². The van der Waals surface area contributed by atoms with Gasteiger partial charge in [0.1, 0.15) is 0 Å². The van der Waals surface area contributed by atoms with Gasteiger partial charge in [0.15, 0.2) is 0 Å². The van der Waals surface area contributed by atoms with E-state index < -0.39 is 5.60 Å². The number of carbonyl (C=O) groups is 1. The molecular weight excluding hydrogens is 154 g/mol. The van der Waals surface area contributed by atoms with E-state index in [4.69, 9.17) is 0 Å². The maximum Gasteiger partial charge on any atom is 0.225 e. The lowest BCUT2D eigenvalue weighted by atomic mass is 10.1. The summed E-state index contributed by atoms with van der Waals surface area (Å²) in [7, 11) is 0. The average molecular weight is 171 g/mol. The molecule has 0 aliphatic carbocycles. The van der Waals surface area contributed by atoms with E-state index in [0.29, 0.717) is 0 Å². The Labute approximate surface area is 73.4 Å². The number of likely N-dealkylation sites (tertiary alicyclic amines) is 1. The lowest BCUT2D eigenvalue weighted by Crippen LogP contribution is -2.34. The van der Waals surface area contributed by atoms with Gasteiger partial charge >= 0.3 is 0 Å². The molecule has 0 aromatic heterocycles. The highest BCUT2D eigenvalue weighted by molar-refractivity contribution is 5.77. The number of nitrogens with zero attached hydrogens (tertiary/aromatic N) is 1. The largest absolute Gasteiger partial charge is 0.390 e. The Bertz CT molecular complexity index is 166. The molecule has 3 nitrogen and oxygen atoms in total. The van der Waals surface area contributed by atoms with E-state index in [9.17, 15) is 9.90 Å². The van der Waals surface area contributed by atoms with Crippen LogP contribution < -0.4 is 0 Å². The molecule has 1 N–H and O–H groups in total. The van der Waals surface area contributed by atoms with Crippen LogP contribution in [-0.4, -0.2) is 34.6 Å². The fraction of sp³-hybridized carbons (Fsp3) is 0.889. The van der Waals surface area contributed by atoms with Gasteiger partial charge < -0.3 is 10.0 Å². The van der Waals surface area contributed by atoms with Crippen molar-refractivity contribution < 1.29 is 9.90 Å². The van der Waals surface area contributed by atoms with Crippen LogP contribution in [0.3, 0.4) is 0 Å². The molecule has 12 heavy (non-hydrogen) atoms. The Morgan fingerprint density at radius 3 is 2.33 bits per heavy atom. The molecule has 0 aromatic rings. The molecule has 0 spiro atoms. The summed E-state index contributed by atoms with van der Waals surface area (Å²) in [6.45, 7) is 5.08. The Morgan fingerprint density at radius 2 is 1.92 bits per heavy atom.